The van der Waals surface area contributed by atoms with Crippen LogP contribution in [0.2, 0.25) is 0 Å². The topological polar surface area (TPSA) is 12.0 Å². The predicted molar refractivity (Wildman–Crippen MR) is 79.0 cm³/mol. The van der Waals surface area contributed by atoms with Gasteiger partial charge in [0.15, 0.2) is 0 Å². The van der Waals surface area contributed by atoms with Crippen molar-refractivity contribution >= 4 is 0 Å². The van der Waals surface area contributed by atoms with Gasteiger partial charge in [0.25, 0.3) is 0 Å². The van der Waals surface area contributed by atoms with Gasteiger partial charge in [0, 0.05) is 17.5 Å². The Morgan fingerprint density at radius 1 is 1.06 bits per heavy atom. The van der Waals surface area contributed by atoms with Crippen LogP contribution in [0.3, 0.4) is 0 Å². The Kier molecular flexibility index (Phi) is 3.63. The summed E-state index contributed by atoms with van der Waals surface area (Å²) < 4.78 is 0. The number of rotatable bonds is 3. The minimum Gasteiger partial charge on any atom is -0.311 e. The normalized spacial score (nSPS) is 18.2. The van der Waals surface area contributed by atoms with Gasteiger partial charge in [0.1, 0.15) is 0 Å². The lowest BCUT2D eigenvalue weighted by Gasteiger charge is -2.34. The summed E-state index contributed by atoms with van der Waals surface area (Å²) >= 11 is 0. The lowest BCUT2D eigenvalue weighted by molar-refractivity contribution is 0.340. The number of nitrogens with one attached hydrogen (secondary N) is 1. The minimum absolute atomic E-state index is 0.181. The van der Waals surface area contributed by atoms with Crippen LogP contribution in [-0.4, -0.2) is 12.1 Å². The largest absolute Gasteiger partial charge is 0.311 e. The number of hydrogen-bond donors (Lipinski definition) is 1. The molecule has 1 heteroatoms. The minimum atomic E-state index is 0.181. The highest BCUT2D eigenvalue weighted by molar-refractivity contribution is 5.33. The maximum absolute atomic E-state index is 3.68. The van der Waals surface area contributed by atoms with E-state index in [0.717, 1.165) is 19.4 Å². The standard InChI is InChI=1S/C17H25N/c1-14-7-9-15(10-8-14)17(11-5-6-12-17)13-18-16(2,3)4/h5-10,18H,11-13H2,1-4H3. The molecule has 1 aliphatic carbocycles. The first-order valence-corrected chi connectivity index (χ1v) is 6.89. The fourth-order valence-corrected chi connectivity index (χ4v) is 2.52. The summed E-state index contributed by atoms with van der Waals surface area (Å²) in [7, 11) is 0. The molecular weight excluding hydrogens is 218 g/mol. The molecular formula is C17H25N. The molecule has 0 aromatic heterocycles. The number of benzene rings is 1. The van der Waals surface area contributed by atoms with Gasteiger partial charge in [-0.05, 0) is 46.1 Å². The summed E-state index contributed by atoms with van der Waals surface area (Å²) in [4.78, 5) is 0. The summed E-state index contributed by atoms with van der Waals surface area (Å²) in [5.41, 5.74) is 3.25. The van der Waals surface area contributed by atoms with Gasteiger partial charge in [0.2, 0.25) is 0 Å². The quantitative estimate of drug-likeness (QED) is 0.792. The average Bonchev–Trinajstić information content (AvgIpc) is 2.76. The molecule has 0 bridgehead atoms. The van der Waals surface area contributed by atoms with Crippen LogP contribution in [0.25, 0.3) is 0 Å². The monoisotopic (exact) mass is 243 g/mol. The Morgan fingerprint density at radius 3 is 2.11 bits per heavy atom. The molecule has 1 nitrogen and oxygen atoms in total. The van der Waals surface area contributed by atoms with E-state index in [4.69, 9.17) is 0 Å². The van der Waals surface area contributed by atoms with E-state index >= 15 is 0 Å². The van der Waals surface area contributed by atoms with Crippen molar-refractivity contribution in [3.8, 4) is 0 Å². The van der Waals surface area contributed by atoms with E-state index in [2.05, 4.69) is 69.4 Å². The third-order valence-corrected chi connectivity index (χ3v) is 3.80. The van der Waals surface area contributed by atoms with Crippen LogP contribution in [-0.2, 0) is 5.41 Å². The molecule has 1 aliphatic rings. The number of aryl methyl sites for hydroxylation is 1. The summed E-state index contributed by atoms with van der Waals surface area (Å²) in [6.45, 7) is 9.90. The smallest absolute Gasteiger partial charge is 0.0147 e. The van der Waals surface area contributed by atoms with E-state index in [9.17, 15) is 0 Å². The third kappa shape index (κ3) is 3.02. The molecule has 0 saturated heterocycles. The first-order valence-electron chi connectivity index (χ1n) is 6.89. The Hall–Kier alpha value is -1.08. The van der Waals surface area contributed by atoms with E-state index in [1.807, 2.05) is 0 Å². The highest BCUT2D eigenvalue weighted by atomic mass is 15.0. The Morgan fingerprint density at radius 2 is 1.61 bits per heavy atom. The van der Waals surface area contributed by atoms with E-state index in [1.165, 1.54) is 11.1 Å². The highest BCUT2D eigenvalue weighted by Gasteiger charge is 2.33. The van der Waals surface area contributed by atoms with E-state index in [0.29, 0.717) is 0 Å². The molecule has 0 aliphatic heterocycles. The second kappa shape index (κ2) is 4.89. The van der Waals surface area contributed by atoms with Crippen LogP contribution in [0.1, 0.15) is 44.7 Å². The summed E-state index contributed by atoms with van der Waals surface area (Å²) in [6.07, 6.45) is 6.95. The van der Waals surface area contributed by atoms with E-state index in [1.54, 1.807) is 0 Å². The predicted octanol–water partition coefficient (Wildman–Crippen LogP) is 3.97. The molecule has 1 aromatic carbocycles. The van der Waals surface area contributed by atoms with Crippen molar-refractivity contribution in [1.29, 1.82) is 0 Å². The molecule has 0 saturated carbocycles. The van der Waals surface area contributed by atoms with Gasteiger partial charge in [-0.15, -0.1) is 0 Å². The summed E-state index contributed by atoms with van der Waals surface area (Å²) in [5, 5.41) is 3.68. The fraction of sp³-hybridized carbons (Fsp3) is 0.529. The molecule has 0 fully saturated rings. The number of allylic oxidation sites excluding steroid dienone is 2. The Balaban J connectivity index is 2.19. The van der Waals surface area contributed by atoms with Gasteiger partial charge in [-0.3, -0.25) is 0 Å². The highest BCUT2D eigenvalue weighted by Crippen LogP contribution is 2.37. The fourth-order valence-electron chi connectivity index (χ4n) is 2.52. The average molecular weight is 243 g/mol. The first kappa shape index (κ1) is 13.4. The first-order chi connectivity index (χ1) is 8.41. The lowest BCUT2D eigenvalue weighted by Crippen LogP contribution is -2.45. The number of hydrogen-bond acceptors (Lipinski definition) is 1. The maximum atomic E-state index is 3.68. The van der Waals surface area contributed by atoms with Gasteiger partial charge in [-0.25, -0.2) is 0 Å². The molecule has 0 amide bonds. The van der Waals surface area contributed by atoms with Crippen LogP contribution >= 0.6 is 0 Å². The molecule has 98 valence electrons. The van der Waals surface area contributed by atoms with Gasteiger partial charge in [-0.1, -0.05) is 42.0 Å². The van der Waals surface area contributed by atoms with Gasteiger partial charge >= 0.3 is 0 Å². The molecule has 1 N–H and O–H groups in total. The second-order valence-corrected chi connectivity index (χ2v) is 6.63. The Bertz CT molecular complexity index is 412. The lowest BCUT2D eigenvalue weighted by atomic mass is 9.77. The zero-order chi connectivity index (χ0) is 13.2. The van der Waals surface area contributed by atoms with Crippen molar-refractivity contribution in [2.45, 2.75) is 51.5 Å². The van der Waals surface area contributed by atoms with Crippen LogP contribution in [0.5, 0.6) is 0 Å². The van der Waals surface area contributed by atoms with Crippen LogP contribution < -0.4 is 5.32 Å². The van der Waals surface area contributed by atoms with Crippen molar-refractivity contribution < 1.29 is 0 Å². The molecule has 0 atom stereocenters. The van der Waals surface area contributed by atoms with Crippen molar-refractivity contribution in [3.05, 3.63) is 47.5 Å². The molecule has 0 heterocycles. The van der Waals surface area contributed by atoms with E-state index in [-0.39, 0.29) is 11.0 Å². The third-order valence-electron chi connectivity index (χ3n) is 3.80. The molecule has 0 unspecified atom stereocenters. The molecule has 1 aromatic rings. The summed E-state index contributed by atoms with van der Waals surface area (Å²) in [6, 6.07) is 9.05. The zero-order valence-corrected chi connectivity index (χ0v) is 12.1. The zero-order valence-electron chi connectivity index (χ0n) is 12.1. The van der Waals surface area contributed by atoms with Crippen molar-refractivity contribution in [2.75, 3.05) is 6.54 Å². The van der Waals surface area contributed by atoms with Crippen molar-refractivity contribution in [1.82, 2.24) is 5.32 Å². The maximum Gasteiger partial charge on any atom is 0.0147 e. The van der Waals surface area contributed by atoms with Crippen molar-refractivity contribution in [2.24, 2.45) is 0 Å². The second-order valence-electron chi connectivity index (χ2n) is 6.63. The van der Waals surface area contributed by atoms with Crippen LogP contribution in [0.15, 0.2) is 36.4 Å². The SMILES string of the molecule is Cc1ccc(C2(CNC(C)(C)C)CC=CC2)cc1. The van der Waals surface area contributed by atoms with Gasteiger partial charge in [-0.2, -0.15) is 0 Å². The molecule has 0 spiro atoms. The van der Waals surface area contributed by atoms with Crippen LogP contribution in [0, 0.1) is 6.92 Å². The summed E-state index contributed by atoms with van der Waals surface area (Å²) in [5.74, 6) is 0. The van der Waals surface area contributed by atoms with E-state index < -0.39 is 0 Å². The molecule has 18 heavy (non-hydrogen) atoms. The van der Waals surface area contributed by atoms with Crippen LogP contribution in [0.4, 0.5) is 0 Å². The van der Waals surface area contributed by atoms with Gasteiger partial charge < -0.3 is 5.32 Å². The van der Waals surface area contributed by atoms with Gasteiger partial charge in [0.05, 0.1) is 0 Å². The Labute approximate surface area is 111 Å². The van der Waals surface area contributed by atoms with Crippen molar-refractivity contribution in [3.63, 3.8) is 0 Å². The molecule has 0 radical (unpaired) electrons. The molecule has 2 rings (SSSR count).